The SMILES string of the molecule is CCCCN1C(=CC=Cc2sc3cc(Br)sc3[n+]2CCCC)Sc2cc(Br)sc21. The summed E-state index contributed by atoms with van der Waals surface area (Å²) in [5.41, 5.74) is 0. The fourth-order valence-electron chi connectivity index (χ4n) is 3.25. The number of aryl methyl sites for hydroxylation is 1. The molecule has 0 amide bonds. The summed E-state index contributed by atoms with van der Waals surface area (Å²) in [6.45, 7) is 6.69. The van der Waals surface area contributed by atoms with E-state index in [4.69, 9.17) is 0 Å². The third-order valence-corrected chi connectivity index (χ3v) is 10.5. The van der Waals surface area contributed by atoms with Gasteiger partial charge in [0, 0.05) is 23.9 Å². The quantitative estimate of drug-likeness (QED) is 0.242. The molecule has 3 aromatic rings. The maximum Gasteiger partial charge on any atom is 0.281 e. The lowest BCUT2D eigenvalue weighted by Crippen LogP contribution is -2.34. The van der Waals surface area contributed by atoms with Gasteiger partial charge in [0.25, 0.3) is 9.84 Å². The number of halogens is 2. The molecule has 8 heteroatoms. The Morgan fingerprint density at radius 3 is 2.62 bits per heavy atom. The number of thioether (sulfide) groups is 1. The molecule has 0 spiro atoms. The minimum atomic E-state index is 1.09. The molecule has 0 N–H and O–H groups in total. The van der Waals surface area contributed by atoms with E-state index in [2.05, 4.69) is 85.5 Å². The van der Waals surface area contributed by atoms with Gasteiger partial charge in [0.05, 0.1) is 12.6 Å². The van der Waals surface area contributed by atoms with Gasteiger partial charge >= 0.3 is 0 Å². The number of unbranched alkanes of at least 4 members (excludes halogenated alkanes) is 2. The van der Waals surface area contributed by atoms with E-state index in [1.807, 2.05) is 45.8 Å². The van der Waals surface area contributed by atoms with Gasteiger partial charge in [-0.05, 0) is 56.5 Å². The Balaban J connectivity index is 1.59. The second-order valence-corrected chi connectivity index (χ2v) is 13.8. The summed E-state index contributed by atoms with van der Waals surface area (Å²) in [5.74, 6) is 0. The number of thiazole rings is 1. The first kappa shape index (κ1) is 22.1. The van der Waals surface area contributed by atoms with Crippen LogP contribution in [0.5, 0.6) is 0 Å². The van der Waals surface area contributed by atoms with Gasteiger partial charge in [0.1, 0.15) is 9.70 Å². The molecule has 0 fully saturated rings. The predicted octanol–water partition coefficient (Wildman–Crippen LogP) is 8.90. The molecule has 2 nitrogen and oxygen atoms in total. The molecular formula is C21H23Br2N2S4+. The highest BCUT2D eigenvalue weighted by Crippen LogP contribution is 2.52. The number of fused-ring (bicyclic) bond motifs is 2. The van der Waals surface area contributed by atoms with Crippen molar-refractivity contribution in [1.82, 2.24) is 0 Å². The van der Waals surface area contributed by atoms with Crippen LogP contribution in [0.3, 0.4) is 0 Å². The molecule has 29 heavy (non-hydrogen) atoms. The second kappa shape index (κ2) is 10.0. The van der Waals surface area contributed by atoms with Gasteiger partial charge in [0.15, 0.2) is 6.54 Å². The van der Waals surface area contributed by atoms with E-state index in [0.29, 0.717) is 0 Å². The molecule has 0 bridgehead atoms. The van der Waals surface area contributed by atoms with Crippen LogP contribution in [0.4, 0.5) is 5.00 Å². The fourth-order valence-corrected chi connectivity index (χ4v) is 9.41. The highest BCUT2D eigenvalue weighted by atomic mass is 79.9. The van der Waals surface area contributed by atoms with Crippen LogP contribution in [-0.2, 0) is 6.54 Å². The van der Waals surface area contributed by atoms with Crippen molar-refractivity contribution in [3.63, 3.8) is 0 Å². The van der Waals surface area contributed by atoms with Gasteiger partial charge in [-0.2, -0.15) is 4.57 Å². The summed E-state index contributed by atoms with van der Waals surface area (Å²) in [7, 11) is 0. The lowest BCUT2D eigenvalue weighted by Gasteiger charge is -2.18. The van der Waals surface area contributed by atoms with Crippen LogP contribution in [0.15, 0.2) is 41.8 Å². The van der Waals surface area contributed by atoms with Crippen LogP contribution >= 0.6 is 77.6 Å². The molecule has 4 rings (SSSR count). The fraction of sp³-hybridized carbons (Fsp3) is 0.381. The number of anilines is 1. The van der Waals surface area contributed by atoms with Gasteiger partial charge in [-0.25, -0.2) is 0 Å². The molecule has 4 heterocycles. The average molecular weight is 592 g/mol. The van der Waals surface area contributed by atoms with Gasteiger partial charge in [0.2, 0.25) is 0 Å². The third-order valence-electron chi connectivity index (χ3n) is 4.70. The van der Waals surface area contributed by atoms with E-state index in [0.717, 1.165) is 13.1 Å². The Hall–Kier alpha value is -0.120. The molecule has 0 aliphatic carbocycles. The Labute approximate surface area is 205 Å². The number of aromatic nitrogens is 1. The molecule has 1 aliphatic rings. The Morgan fingerprint density at radius 2 is 1.83 bits per heavy atom. The molecule has 0 saturated heterocycles. The molecule has 3 aromatic heterocycles. The zero-order valence-corrected chi connectivity index (χ0v) is 22.9. The monoisotopic (exact) mass is 589 g/mol. The van der Waals surface area contributed by atoms with Crippen LogP contribution in [0.1, 0.15) is 44.5 Å². The van der Waals surface area contributed by atoms with Crippen LogP contribution in [-0.4, -0.2) is 6.54 Å². The zero-order valence-electron chi connectivity index (χ0n) is 16.4. The molecule has 154 valence electrons. The van der Waals surface area contributed by atoms with Crippen molar-refractivity contribution >= 4 is 98.2 Å². The van der Waals surface area contributed by atoms with Gasteiger partial charge in [-0.3, -0.25) is 0 Å². The molecule has 0 atom stereocenters. The van der Waals surface area contributed by atoms with Crippen LogP contribution < -0.4 is 9.47 Å². The van der Waals surface area contributed by atoms with Crippen LogP contribution in [0.2, 0.25) is 0 Å². The van der Waals surface area contributed by atoms with Crippen molar-refractivity contribution in [3.8, 4) is 0 Å². The highest BCUT2D eigenvalue weighted by Gasteiger charge is 2.27. The molecule has 0 aromatic carbocycles. The minimum Gasteiger partial charge on any atom is -0.327 e. The van der Waals surface area contributed by atoms with E-state index >= 15 is 0 Å². The molecule has 0 saturated carbocycles. The first-order valence-corrected chi connectivity index (χ1v) is 14.7. The summed E-state index contributed by atoms with van der Waals surface area (Å²) in [5, 5.41) is 4.06. The summed E-state index contributed by atoms with van der Waals surface area (Å²) >= 11 is 14.7. The van der Waals surface area contributed by atoms with Crippen molar-refractivity contribution in [2.45, 2.75) is 51.0 Å². The molecular weight excluding hydrogens is 568 g/mol. The number of allylic oxidation sites excluding steroid dienone is 2. The predicted molar refractivity (Wildman–Crippen MR) is 140 cm³/mol. The normalized spacial score (nSPS) is 15.4. The summed E-state index contributed by atoms with van der Waals surface area (Å²) in [6, 6.07) is 4.50. The van der Waals surface area contributed by atoms with E-state index in [-0.39, 0.29) is 0 Å². The van der Waals surface area contributed by atoms with Crippen molar-refractivity contribution in [3.05, 3.63) is 41.9 Å². The van der Waals surface area contributed by atoms with E-state index in [1.165, 1.54) is 62.7 Å². The van der Waals surface area contributed by atoms with Crippen molar-refractivity contribution in [2.75, 3.05) is 11.4 Å². The summed E-state index contributed by atoms with van der Waals surface area (Å²) < 4.78 is 6.29. The van der Waals surface area contributed by atoms with Crippen LogP contribution in [0.25, 0.3) is 15.6 Å². The lowest BCUT2D eigenvalue weighted by atomic mass is 10.3. The van der Waals surface area contributed by atoms with E-state index < -0.39 is 0 Å². The maximum absolute atomic E-state index is 3.64. The zero-order chi connectivity index (χ0) is 20.4. The molecule has 1 aliphatic heterocycles. The third kappa shape index (κ3) is 4.88. The van der Waals surface area contributed by atoms with Gasteiger partial charge < -0.3 is 4.90 Å². The number of hydrogen-bond donors (Lipinski definition) is 0. The Morgan fingerprint density at radius 1 is 1.03 bits per heavy atom. The number of nitrogens with zero attached hydrogens (tertiary/aromatic N) is 2. The van der Waals surface area contributed by atoms with Crippen molar-refractivity contribution in [1.29, 1.82) is 0 Å². The smallest absolute Gasteiger partial charge is 0.281 e. The summed E-state index contributed by atoms with van der Waals surface area (Å²) in [6.07, 6.45) is 11.7. The van der Waals surface area contributed by atoms with Crippen molar-refractivity contribution in [2.24, 2.45) is 0 Å². The van der Waals surface area contributed by atoms with Gasteiger partial charge in [-0.15, -0.1) is 11.3 Å². The van der Waals surface area contributed by atoms with Crippen molar-refractivity contribution < 1.29 is 4.57 Å². The first-order chi connectivity index (χ1) is 14.1. The second-order valence-electron chi connectivity index (χ2n) is 6.86. The average Bonchev–Trinajstić information content (AvgIpc) is 3.38. The maximum atomic E-state index is 3.64. The highest BCUT2D eigenvalue weighted by molar-refractivity contribution is 9.11. The molecule has 0 radical (unpaired) electrons. The minimum absolute atomic E-state index is 1.09. The standard InChI is InChI=1S/C21H23Br2N2S4/c1-3-5-10-24-18(26-14-12-16(22)28-20(14)24)8-7-9-19-25(11-6-4-2)21-15(27-19)13-17(23)29-21/h7-9,12-13H,3-6,10-11H2,1-2H3/q+1. The largest absolute Gasteiger partial charge is 0.327 e. The van der Waals surface area contributed by atoms with Crippen LogP contribution in [0, 0.1) is 0 Å². The van der Waals surface area contributed by atoms with Gasteiger partial charge in [-0.1, -0.05) is 67.2 Å². The number of rotatable bonds is 8. The summed E-state index contributed by atoms with van der Waals surface area (Å²) in [4.78, 5) is 5.24. The Kier molecular flexibility index (Phi) is 7.62. The first-order valence-electron chi connectivity index (χ1n) is 9.85. The van der Waals surface area contributed by atoms with E-state index in [9.17, 15) is 0 Å². The Bertz CT molecular complexity index is 1060. The van der Waals surface area contributed by atoms with E-state index in [1.54, 1.807) is 0 Å². The number of thiophene rings is 2. The molecule has 0 unspecified atom stereocenters. The lowest BCUT2D eigenvalue weighted by molar-refractivity contribution is -0.667. The number of hydrogen-bond acceptors (Lipinski definition) is 5. The topological polar surface area (TPSA) is 7.12 Å².